The molecule has 5 nitrogen and oxygen atoms in total. The molecule has 0 aliphatic carbocycles. The van der Waals surface area contributed by atoms with Crippen LogP contribution in [0.4, 0.5) is 0 Å². The van der Waals surface area contributed by atoms with Gasteiger partial charge in [-0.1, -0.05) is 53.6 Å². The van der Waals surface area contributed by atoms with E-state index in [9.17, 15) is 9.59 Å². The Bertz CT molecular complexity index is 1570. The minimum atomic E-state index is -0.514. The van der Waals surface area contributed by atoms with Gasteiger partial charge in [0.05, 0.1) is 22.8 Å². The molecule has 0 saturated heterocycles. The summed E-state index contributed by atoms with van der Waals surface area (Å²) < 4.78 is 1.15. The lowest BCUT2D eigenvalue weighted by Crippen LogP contribution is -2.33. The Balaban J connectivity index is 1.78. The summed E-state index contributed by atoms with van der Waals surface area (Å²) in [5.74, 6) is 0. The van der Waals surface area contributed by atoms with Crippen molar-refractivity contribution in [3.8, 4) is 16.8 Å². The molecule has 146 valence electrons. The predicted molar refractivity (Wildman–Crippen MR) is 121 cm³/mol. The summed E-state index contributed by atoms with van der Waals surface area (Å²) in [7, 11) is 0. The Morgan fingerprint density at radius 3 is 2.60 bits per heavy atom. The standard InChI is InChI=1S/C24H16ClN3O2/c1-14-6-7-16-12-26-13-22(19(16)10-14)28-23(29)18-9-8-15(11-21(18)27-24(28)30)17-4-2-3-5-20(17)25/h2-13H,1H3,(H,27,30). The average molecular weight is 414 g/mol. The highest BCUT2D eigenvalue weighted by atomic mass is 35.5. The van der Waals surface area contributed by atoms with Crippen LogP contribution in [-0.4, -0.2) is 14.5 Å². The molecule has 0 fully saturated rings. The first-order valence-electron chi connectivity index (χ1n) is 9.42. The third-order valence-corrected chi connectivity index (χ3v) is 5.55. The third kappa shape index (κ3) is 2.91. The van der Waals surface area contributed by atoms with Gasteiger partial charge in [0.2, 0.25) is 0 Å². The lowest BCUT2D eigenvalue weighted by molar-refractivity contribution is 0.902. The van der Waals surface area contributed by atoms with E-state index in [4.69, 9.17) is 11.6 Å². The maximum Gasteiger partial charge on any atom is 0.333 e. The first-order chi connectivity index (χ1) is 14.5. The number of hydrogen-bond donors (Lipinski definition) is 1. The highest BCUT2D eigenvalue weighted by molar-refractivity contribution is 6.33. The topological polar surface area (TPSA) is 67.8 Å². The van der Waals surface area contributed by atoms with E-state index in [0.717, 1.165) is 32.0 Å². The van der Waals surface area contributed by atoms with Gasteiger partial charge in [-0.05, 0) is 36.8 Å². The van der Waals surface area contributed by atoms with Crippen molar-refractivity contribution in [3.63, 3.8) is 0 Å². The first kappa shape index (κ1) is 18.3. The molecule has 0 atom stereocenters. The van der Waals surface area contributed by atoms with Crippen LogP contribution in [0.15, 0.2) is 82.6 Å². The van der Waals surface area contributed by atoms with Gasteiger partial charge in [-0.2, -0.15) is 0 Å². The van der Waals surface area contributed by atoms with E-state index in [2.05, 4.69) is 9.97 Å². The van der Waals surface area contributed by atoms with Crippen molar-refractivity contribution in [2.45, 2.75) is 6.92 Å². The number of nitrogens with one attached hydrogen (secondary N) is 1. The fourth-order valence-corrected chi connectivity index (χ4v) is 3.98. The summed E-state index contributed by atoms with van der Waals surface area (Å²) in [5.41, 5.74) is 2.70. The molecule has 3 aromatic carbocycles. The second-order valence-corrected chi connectivity index (χ2v) is 7.60. The van der Waals surface area contributed by atoms with Crippen LogP contribution in [0.3, 0.4) is 0 Å². The number of fused-ring (bicyclic) bond motifs is 2. The summed E-state index contributed by atoms with van der Waals surface area (Å²) in [6.45, 7) is 1.97. The van der Waals surface area contributed by atoms with Crippen LogP contribution in [0.1, 0.15) is 5.56 Å². The molecule has 0 spiro atoms. The average Bonchev–Trinajstić information content (AvgIpc) is 2.74. The zero-order valence-electron chi connectivity index (χ0n) is 16.0. The molecule has 30 heavy (non-hydrogen) atoms. The smallest absolute Gasteiger partial charge is 0.306 e. The monoisotopic (exact) mass is 413 g/mol. The predicted octanol–water partition coefficient (Wildman–Crippen LogP) is 4.86. The van der Waals surface area contributed by atoms with Crippen LogP contribution >= 0.6 is 11.6 Å². The van der Waals surface area contributed by atoms with Gasteiger partial charge in [-0.25, -0.2) is 9.36 Å². The SMILES string of the molecule is Cc1ccc2cncc(-n3c(=O)[nH]c4cc(-c5ccccc5Cl)ccc4c3=O)c2c1. The van der Waals surface area contributed by atoms with Crippen molar-refractivity contribution in [1.29, 1.82) is 0 Å². The maximum atomic E-state index is 13.3. The van der Waals surface area contributed by atoms with Crippen LogP contribution in [0.25, 0.3) is 38.5 Å². The highest BCUT2D eigenvalue weighted by Gasteiger charge is 2.14. The number of halogens is 1. The van der Waals surface area contributed by atoms with Crippen LogP contribution in [0.5, 0.6) is 0 Å². The number of benzene rings is 3. The minimum absolute atomic E-state index is 0.393. The molecule has 6 heteroatoms. The van der Waals surface area contributed by atoms with Gasteiger partial charge in [-0.15, -0.1) is 0 Å². The Kier molecular flexibility index (Phi) is 4.26. The fourth-order valence-electron chi connectivity index (χ4n) is 3.74. The zero-order valence-corrected chi connectivity index (χ0v) is 16.8. The van der Waals surface area contributed by atoms with Crippen molar-refractivity contribution in [1.82, 2.24) is 14.5 Å². The van der Waals surface area contributed by atoms with E-state index in [-0.39, 0.29) is 0 Å². The number of aryl methyl sites for hydroxylation is 1. The quantitative estimate of drug-likeness (QED) is 0.449. The molecule has 5 rings (SSSR count). The number of H-pyrrole nitrogens is 1. The van der Waals surface area contributed by atoms with E-state index in [0.29, 0.717) is 21.6 Å². The second-order valence-electron chi connectivity index (χ2n) is 7.19. The lowest BCUT2D eigenvalue weighted by atomic mass is 10.0. The number of pyridine rings is 1. The molecular weight excluding hydrogens is 398 g/mol. The van der Waals surface area contributed by atoms with Gasteiger partial charge < -0.3 is 4.98 Å². The normalized spacial score (nSPS) is 11.3. The number of nitrogens with zero attached hydrogens (tertiary/aromatic N) is 2. The fraction of sp³-hybridized carbons (Fsp3) is 0.0417. The van der Waals surface area contributed by atoms with Crippen molar-refractivity contribution in [2.75, 3.05) is 0 Å². The van der Waals surface area contributed by atoms with Gasteiger partial charge in [0.25, 0.3) is 5.56 Å². The molecule has 5 aromatic rings. The van der Waals surface area contributed by atoms with E-state index in [1.807, 2.05) is 49.4 Å². The summed E-state index contributed by atoms with van der Waals surface area (Å²) in [5, 5.41) is 2.67. The number of aromatic amines is 1. The molecule has 2 aromatic heterocycles. The van der Waals surface area contributed by atoms with E-state index >= 15 is 0 Å². The Hall–Kier alpha value is -3.70. The molecular formula is C24H16ClN3O2. The number of aromatic nitrogens is 3. The molecule has 0 unspecified atom stereocenters. The lowest BCUT2D eigenvalue weighted by Gasteiger charge is -2.11. The second kappa shape index (κ2) is 6.97. The minimum Gasteiger partial charge on any atom is -0.306 e. The molecule has 1 N–H and O–H groups in total. The zero-order chi connectivity index (χ0) is 20.8. The summed E-state index contributed by atoms with van der Waals surface area (Å²) in [6, 6.07) is 18.6. The Labute approximate surface area is 176 Å². The highest BCUT2D eigenvalue weighted by Crippen LogP contribution is 2.29. The van der Waals surface area contributed by atoms with E-state index < -0.39 is 11.2 Å². The maximum absolute atomic E-state index is 13.3. The first-order valence-corrected chi connectivity index (χ1v) is 9.79. The van der Waals surface area contributed by atoms with Crippen molar-refractivity contribution >= 4 is 33.3 Å². The van der Waals surface area contributed by atoms with Gasteiger partial charge in [0.15, 0.2) is 0 Å². The molecule has 0 amide bonds. The summed E-state index contributed by atoms with van der Waals surface area (Å²) >= 11 is 6.30. The van der Waals surface area contributed by atoms with E-state index in [1.165, 1.54) is 0 Å². The summed E-state index contributed by atoms with van der Waals surface area (Å²) in [4.78, 5) is 33.3. The Morgan fingerprint density at radius 2 is 1.77 bits per heavy atom. The van der Waals surface area contributed by atoms with Gasteiger partial charge >= 0.3 is 5.69 Å². The van der Waals surface area contributed by atoms with Gasteiger partial charge in [0, 0.05) is 27.6 Å². The van der Waals surface area contributed by atoms with Gasteiger partial charge in [-0.3, -0.25) is 9.78 Å². The van der Waals surface area contributed by atoms with Crippen LogP contribution in [-0.2, 0) is 0 Å². The molecule has 0 aliphatic rings. The van der Waals surface area contributed by atoms with Gasteiger partial charge in [0.1, 0.15) is 0 Å². The van der Waals surface area contributed by atoms with Crippen molar-refractivity contribution in [3.05, 3.63) is 104 Å². The molecule has 0 bridgehead atoms. The van der Waals surface area contributed by atoms with Crippen LogP contribution in [0.2, 0.25) is 5.02 Å². The number of hydrogen-bond acceptors (Lipinski definition) is 3. The Morgan fingerprint density at radius 1 is 0.933 bits per heavy atom. The van der Waals surface area contributed by atoms with Crippen LogP contribution < -0.4 is 11.2 Å². The third-order valence-electron chi connectivity index (χ3n) is 5.22. The van der Waals surface area contributed by atoms with Crippen molar-refractivity contribution < 1.29 is 0 Å². The molecule has 0 radical (unpaired) electrons. The molecule has 0 aliphatic heterocycles. The van der Waals surface area contributed by atoms with Crippen LogP contribution in [0, 0.1) is 6.92 Å². The molecule has 2 heterocycles. The number of rotatable bonds is 2. The van der Waals surface area contributed by atoms with E-state index in [1.54, 1.807) is 30.6 Å². The summed E-state index contributed by atoms with van der Waals surface area (Å²) in [6.07, 6.45) is 3.26. The largest absolute Gasteiger partial charge is 0.333 e. The molecule has 0 saturated carbocycles. The van der Waals surface area contributed by atoms with Crippen molar-refractivity contribution in [2.24, 2.45) is 0 Å².